The Bertz CT molecular complexity index is 643. The molecule has 0 aliphatic heterocycles. The van der Waals surface area contributed by atoms with Gasteiger partial charge in [-0.2, -0.15) is 0 Å². The van der Waals surface area contributed by atoms with Crippen LogP contribution in [-0.4, -0.2) is 26.8 Å². The van der Waals surface area contributed by atoms with Crippen LogP contribution in [-0.2, 0) is 15.7 Å². The number of ether oxygens (including phenoxy) is 1. The fraction of sp³-hybridized carbons (Fsp3) is 0.667. The standard InChI is InChI=1S/C17H25FN2O3S.2C2H6/c1-11(12-8-9-15(24(19)22)14(18)10-12)20(13-6-5-7-13)16(21)23-17(2,3)4;2*1-2/h8-11,13H,5-7,19H2,1-4H3;2*1-2H3. The molecule has 0 saturated heterocycles. The molecule has 2 atom stereocenters. The first-order chi connectivity index (χ1) is 13.1. The van der Waals surface area contributed by atoms with E-state index in [0.717, 1.165) is 19.3 Å². The van der Waals surface area contributed by atoms with Crippen molar-refractivity contribution in [3.05, 3.63) is 29.6 Å². The van der Waals surface area contributed by atoms with Crippen molar-refractivity contribution >= 4 is 17.1 Å². The molecule has 1 amide bonds. The van der Waals surface area contributed by atoms with Gasteiger partial charge in [0.1, 0.15) is 22.4 Å². The lowest BCUT2D eigenvalue weighted by molar-refractivity contribution is -0.00436. The van der Waals surface area contributed by atoms with E-state index in [1.165, 1.54) is 12.1 Å². The first-order valence-corrected chi connectivity index (χ1v) is 11.3. The zero-order valence-electron chi connectivity index (χ0n) is 18.5. The van der Waals surface area contributed by atoms with Crippen molar-refractivity contribution in [3.63, 3.8) is 0 Å². The van der Waals surface area contributed by atoms with Crippen molar-refractivity contribution in [3.8, 4) is 0 Å². The Morgan fingerprint density at radius 3 is 2.14 bits per heavy atom. The van der Waals surface area contributed by atoms with Gasteiger partial charge in [0.05, 0.1) is 10.9 Å². The predicted octanol–water partition coefficient (Wildman–Crippen LogP) is 5.71. The number of hydrogen-bond acceptors (Lipinski definition) is 3. The molecule has 1 saturated carbocycles. The highest BCUT2D eigenvalue weighted by Gasteiger charge is 2.36. The minimum absolute atomic E-state index is 0.0431. The Morgan fingerprint density at radius 1 is 1.25 bits per heavy atom. The summed E-state index contributed by atoms with van der Waals surface area (Å²) >= 11 is 0. The van der Waals surface area contributed by atoms with Gasteiger partial charge in [-0.15, -0.1) is 0 Å². The van der Waals surface area contributed by atoms with Crippen LogP contribution in [0.3, 0.4) is 0 Å². The Labute approximate surface area is 172 Å². The lowest BCUT2D eigenvalue weighted by atomic mass is 9.89. The van der Waals surface area contributed by atoms with E-state index in [-0.39, 0.29) is 17.0 Å². The number of carbonyl (C=O) groups is 1. The largest absolute Gasteiger partial charge is 0.444 e. The molecule has 7 heteroatoms. The summed E-state index contributed by atoms with van der Waals surface area (Å²) in [5.41, 5.74) is 0.0316. The molecule has 0 aromatic heterocycles. The third-order valence-corrected chi connectivity index (χ3v) is 4.91. The van der Waals surface area contributed by atoms with Crippen LogP contribution in [0.5, 0.6) is 0 Å². The Hall–Kier alpha value is -1.47. The summed E-state index contributed by atoms with van der Waals surface area (Å²) < 4.78 is 30.9. The Balaban J connectivity index is 0.00000171. The molecule has 2 unspecified atom stereocenters. The van der Waals surface area contributed by atoms with Gasteiger partial charge in [0.2, 0.25) is 0 Å². The van der Waals surface area contributed by atoms with Gasteiger partial charge >= 0.3 is 6.09 Å². The molecular weight excluding hydrogens is 379 g/mol. The molecule has 1 aromatic carbocycles. The number of halogens is 1. The summed E-state index contributed by atoms with van der Waals surface area (Å²) in [6, 6.07) is 4.11. The average molecular weight is 417 g/mol. The monoisotopic (exact) mass is 416 g/mol. The molecule has 1 aliphatic carbocycles. The van der Waals surface area contributed by atoms with Gasteiger partial charge in [-0.05, 0) is 64.7 Å². The number of nitrogens with zero attached hydrogens (tertiary/aromatic N) is 1. The van der Waals surface area contributed by atoms with Gasteiger partial charge in [0.25, 0.3) is 0 Å². The van der Waals surface area contributed by atoms with Gasteiger partial charge in [0.15, 0.2) is 0 Å². The lowest BCUT2D eigenvalue weighted by Gasteiger charge is -2.42. The first-order valence-electron chi connectivity index (χ1n) is 10.1. The highest BCUT2D eigenvalue weighted by molar-refractivity contribution is 7.82. The van der Waals surface area contributed by atoms with Crippen LogP contribution in [0.15, 0.2) is 23.1 Å². The van der Waals surface area contributed by atoms with E-state index in [2.05, 4.69) is 0 Å². The predicted molar refractivity (Wildman–Crippen MR) is 114 cm³/mol. The van der Waals surface area contributed by atoms with E-state index in [0.29, 0.717) is 5.56 Å². The number of benzene rings is 1. The quantitative estimate of drug-likeness (QED) is 0.683. The Kier molecular flexibility index (Phi) is 11.5. The van der Waals surface area contributed by atoms with Gasteiger partial charge < -0.3 is 4.74 Å². The average Bonchev–Trinajstić information content (AvgIpc) is 2.58. The fourth-order valence-corrected chi connectivity index (χ4v) is 3.16. The molecule has 2 N–H and O–H groups in total. The summed E-state index contributed by atoms with van der Waals surface area (Å²) in [6.45, 7) is 15.3. The normalized spacial score (nSPS) is 15.6. The fourth-order valence-electron chi connectivity index (χ4n) is 2.70. The van der Waals surface area contributed by atoms with Crippen LogP contribution in [0.4, 0.5) is 9.18 Å². The Morgan fingerprint density at radius 2 is 1.79 bits per heavy atom. The molecule has 1 aliphatic rings. The third-order valence-electron chi connectivity index (χ3n) is 4.14. The summed E-state index contributed by atoms with van der Waals surface area (Å²) in [6.07, 6.45) is 2.50. The van der Waals surface area contributed by atoms with E-state index >= 15 is 0 Å². The molecule has 0 radical (unpaired) electrons. The highest BCUT2D eigenvalue weighted by Crippen LogP contribution is 2.34. The summed E-state index contributed by atoms with van der Waals surface area (Å²) in [5.74, 6) is -0.627. The number of hydrogen-bond donors (Lipinski definition) is 1. The molecule has 1 fully saturated rings. The molecule has 5 nitrogen and oxygen atoms in total. The molecule has 0 spiro atoms. The van der Waals surface area contributed by atoms with Crippen LogP contribution in [0.25, 0.3) is 0 Å². The molecule has 0 heterocycles. The minimum Gasteiger partial charge on any atom is -0.444 e. The zero-order valence-corrected chi connectivity index (χ0v) is 19.4. The zero-order chi connectivity index (χ0) is 22.1. The van der Waals surface area contributed by atoms with Gasteiger partial charge in [-0.1, -0.05) is 33.8 Å². The highest BCUT2D eigenvalue weighted by atomic mass is 32.2. The van der Waals surface area contributed by atoms with Crippen molar-refractivity contribution in [1.29, 1.82) is 0 Å². The maximum Gasteiger partial charge on any atom is 0.411 e. The second-order valence-corrected chi connectivity index (χ2v) is 8.17. The lowest BCUT2D eigenvalue weighted by Crippen LogP contribution is -2.47. The van der Waals surface area contributed by atoms with Gasteiger partial charge in [-0.3, -0.25) is 4.90 Å². The summed E-state index contributed by atoms with van der Waals surface area (Å²) in [5, 5.41) is 5.24. The van der Waals surface area contributed by atoms with E-state index in [1.807, 2.05) is 55.4 Å². The van der Waals surface area contributed by atoms with Gasteiger partial charge in [0, 0.05) is 6.04 Å². The molecule has 2 rings (SSSR count). The number of carbonyl (C=O) groups excluding carboxylic acids is 1. The maximum absolute atomic E-state index is 14.1. The van der Waals surface area contributed by atoms with Crippen LogP contribution in [0.1, 0.15) is 86.3 Å². The van der Waals surface area contributed by atoms with E-state index in [9.17, 15) is 13.4 Å². The number of amides is 1. The first kappa shape index (κ1) is 26.5. The molecule has 28 heavy (non-hydrogen) atoms. The molecule has 162 valence electrons. The van der Waals surface area contributed by atoms with Crippen molar-refractivity contribution in [2.24, 2.45) is 5.14 Å². The summed E-state index contributed by atoms with van der Waals surface area (Å²) in [4.78, 5) is 14.2. The van der Waals surface area contributed by atoms with Gasteiger partial charge in [-0.25, -0.2) is 18.5 Å². The van der Waals surface area contributed by atoms with Crippen LogP contribution < -0.4 is 5.14 Å². The molecule has 1 aromatic rings. The maximum atomic E-state index is 14.1. The van der Waals surface area contributed by atoms with E-state index < -0.39 is 28.5 Å². The minimum atomic E-state index is -1.87. The smallest absolute Gasteiger partial charge is 0.411 e. The molecular formula is C21H37FN2O3S. The third kappa shape index (κ3) is 7.51. The summed E-state index contributed by atoms with van der Waals surface area (Å²) in [7, 11) is -1.87. The van der Waals surface area contributed by atoms with Crippen molar-refractivity contribution < 1.29 is 18.1 Å². The van der Waals surface area contributed by atoms with E-state index in [4.69, 9.17) is 9.88 Å². The topological polar surface area (TPSA) is 72.6 Å². The van der Waals surface area contributed by atoms with Crippen LogP contribution >= 0.6 is 0 Å². The second-order valence-electron chi connectivity index (χ2n) is 7.14. The number of nitrogens with two attached hydrogens (primary N) is 1. The van der Waals surface area contributed by atoms with E-state index in [1.54, 1.807) is 11.0 Å². The van der Waals surface area contributed by atoms with Crippen molar-refractivity contribution in [1.82, 2.24) is 4.90 Å². The van der Waals surface area contributed by atoms with Crippen LogP contribution in [0.2, 0.25) is 0 Å². The number of rotatable bonds is 4. The van der Waals surface area contributed by atoms with Crippen molar-refractivity contribution in [2.45, 2.75) is 97.2 Å². The second kappa shape index (κ2) is 12.2. The van der Waals surface area contributed by atoms with Crippen LogP contribution in [0, 0.1) is 5.82 Å². The van der Waals surface area contributed by atoms with Crippen molar-refractivity contribution in [2.75, 3.05) is 0 Å². The molecule has 0 bridgehead atoms. The SMILES string of the molecule is CC.CC.CC(c1ccc(S(N)=O)c(F)c1)N(C(=O)OC(C)(C)C)C1CCC1.